The van der Waals surface area contributed by atoms with Crippen LogP contribution in [0.1, 0.15) is 23.1 Å². The van der Waals surface area contributed by atoms with Crippen molar-refractivity contribution in [3.63, 3.8) is 0 Å². The summed E-state index contributed by atoms with van der Waals surface area (Å²) >= 11 is 3.45. The predicted octanol–water partition coefficient (Wildman–Crippen LogP) is 5.60. The van der Waals surface area contributed by atoms with Gasteiger partial charge in [-0.2, -0.15) is 0 Å². The second-order valence-electron chi connectivity index (χ2n) is 7.51. The Morgan fingerprint density at radius 1 is 0.871 bits per heavy atom. The van der Waals surface area contributed by atoms with Crippen LogP contribution < -0.4 is 9.62 Å². The summed E-state index contributed by atoms with van der Waals surface area (Å²) in [5, 5.41) is 2.84. The smallest absolute Gasteiger partial charge is 0.264 e. The molecule has 0 saturated heterocycles. The number of halogens is 1. The van der Waals surface area contributed by atoms with E-state index in [1.165, 1.54) is 4.31 Å². The molecule has 162 valence electrons. The average molecular weight is 501 g/mol. The maximum atomic E-state index is 13.4. The molecule has 5 nitrogen and oxygen atoms in total. The monoisotopic (exact) mass is 500 g/mol. The Bertz CT molecular complexity index is 1170. The molecule has 0 unspecified atom stereocenters. The van der Waals surface area contributed by atoms with E-state index in [-0.39, 0.29) is 23.8 Å². The molecule has 0 spiro atoms. The van der Waals surface area contributed by atoms with E-state index in [0.717, 1.165) is 21.2 Å². The Morgan fingerprint density at radius 2 is 1.42 bits per heavy atom. The van der Waals surface area contributed by atoms with E-state index in [1.807, 2.05) is 51.1 Å². The maximum absolute atomic E-state index is 13.4. The first kappa shape index (κ1) is 23.0. The van der Waals surface area contributed by atoms with Gasteiger partial charge in [-0.15, -0.1) is 0 Å². The lowest BCUT2D eigenvalue weighted by Gasteiger charge is -2.24. The van der Waals surface area contributed by atoms with Gasteiger partial charge >= 0.3 is 0 Å². The van der Waals surface area contributed by atoms with Crippen molar-refractivity contribution < 1.29 is 13.2 Å². The Labute approximate surface area is 192 Å². The number of carbonyl (C=O) groups excluding carboxylic acids is 1. The average Bonchev–Trinajstić information content (AvgIpc) is 2.72. The molecule has 0 aliphatic carbocycles. The first-order chi connectivity index (χ1) is 14.7. The molecule has 0 fully saturated rings. The lowest BCUT2D eigenvalue weighted by Crippen LogP contribution is -2.34. The summed E-state index contributed by atoms with van der Waals surface area (Å²) in [6.45, 7) is 5.83. The number of anilines is 2. The van der Waals surface area contributed by atoms with Crippen LogP contribution in [-0.4, -0.2) is 20.9 Å². The summed E-state index contributed by atoms with van der Waals surface area (Å²) in [5.41, 5.74) is 4.25. The molecule has 0 aromatic heterocycles. The van der Waals surface area contributed by atoms with Crippen molar-refractivity contribution in [2.75, 3.05) is 16.2 Å². The second kappa shape index (κ2) is 9.66. The number of sulfonamides is 1. The molecule has 0 aliphatic rings. The highest BCUT2D eigenvalue weighted by Gasteiger charge is 2.25. The molecule has 3 aromatic rings. The van der Waals surface area contributed by atoms with Gasteiger partial charge in [-0.05, 0) is 78.7 Å². The fourth-order valence-corrected chi connectivity index (χ4v) is 5.13. The van der Waals surface area contributed by atoms with Gasteiger partial charge in [-0.3, -0.25) is 9.10 Å². The predicted molar refractivity (Wildman–Crippen MR) is 129 cm³/mol. The number of nitrogens with zero attached hydrogens (tertiary/aromatic N) is 1. The standard InChI is InChI=1S/C24H25BrN2O3S/c1-17-4-9-20(10-5-17)27(31(29,30)21-11-6-18(2)7-12-21)15-14-24(28)26-23-13-8-19(3)16-22(23)25/h4-13,16H,14-15H2,1-3H3,(H,26,28). The van der Waals surface area contributed by atoms with Gasteiger partial charge in [0.15, 0.2) is 0 Å². The van der Waals surface area contributed by atoms with Gasteiger partial charge in [0.1, 0.15) is 0 Å². The largest absolute Gasteiger partial charge is 0.325 e. The topological polar surface area (TPSA) is 66.5 Å². The lowest BCUT2D eigenvalue weighted by molar-refractivity contribution is -0.116. The summed E-state index contributed by atoms with van der Waals surface area (Å²) in [5.74, 6) is -0.263. The molecule has 3 aromatic carbocycles. The zero-order valence-electron chi connectivity index (χ0n) is 17.7. The molecule has 0 heterocycles. The Balaban J connectivity index is 1.84. The van der Waals surface area contributed by atoms with E-state index < -0.39 is 10.0 Å². The number of rotatable bonds is 7. The van der Waals surface area contributed by atoms with Crippen LogP contribution in [0.2, 0.25) is 0 Å². The van der Waals surface area contributed by atoms with E-state index in [2.05, 4.69) is 21.2 Å². The number of benzene rings is 3. The van der Waals surface area contributed by atoms with Crippen LogP contribution in [0.15, 0.2) is 76.1 Å². The third-order valence-electron chi connectivity index (χ3n) is 4.87. The van der Waals surface area contributed by atoms with Gasteiger partial charge in [0.2, 0.25) is 5.91 Å². The summed E-state index contributed by atoms with van der Waals surface area (Å²) in [6, 6.07) is 19.6. The number of hydrogen-bond donors (Lipinski definition) is 1. The van der Waals surface area contributed by atoms with Crippen molar-refractivity contribution in [1.29, 1.82) is 0 Å². The maximum Gasteiger partial charge on any atom is 0.264 e. The molecular formula is C24H25BrN2O3S. The first-order valence-corrected chi connectivity index (χ1v) is 12.1. The molecule has 31 heavy (non-hydrogen) atoms. The molecule has 0 radical (unpaired) electrons. The van der Waals surface area contributed by atoms with Crippen molar-refractivity contribution in [3.05, 3.63) is 87.9 Å². The van der Waals surface area contributed by atoms with E-state index in [4.69, 9.17) is 0 Å². The van der Waals surface area contributed by atoms with Crippen LogP contribution >= 0.6 is 15.9 Å². The van der Waals surface area contributed by atoms with Gasteiger partial charge in [0.05, 0.1) is 16.3 Å². The van der Waals surface area contributed by atoms with E-state index >= 15 is 0 Å². The Kier molecular flexibility index (Phi) is 7.18. The minimum absolute atomic E-state index is 0.0132. The highest BCUT2D eigenvalue weighted by molar-refractivity contribution is 9.10. The van der Waals surface area contributed by atoms with E-state index in [0.29, 0.717) is 11.4 Å². The zero-order chi connectivity index (χ0) is 22.6. The normalized spacial score (nSPS) is 11.2. The van der Waals surface area contributed by atoms with E-state index in [9.17, 15) is 13.2 Å². The molecule has 1 N–H and O–H groups in total. The number of amides is 1. The van der Waals surface area contributed by atoms with Gasteiger partial charge < -0.3 is 5.32 Å². The number of carbonyl (C=O) groups is 1. The summed E-state index contributed by atoms with van der Waals surface area (Å²) < 4.78 is 28.8. The van der Waals surface area contributed by atoms with Crippen molar-refractivity contribution in [3.8, 4) is 0 Å². The van der Waals surface area contributed by atoms with E-state index in [1.54, 1.807) is 36.4 Å². The molecule has 1 amide bonds. The Hall–Kier alpha value is -2.64. The molecule has 7 heteroatoms. The van der Waals surface area contributed by atoms with Crippen LogP contribution in [0.5, 0.6) is 0 Å². The minimum Gasteiger partial charge on any atom is -0.325 e. The molecular weight excluding hydrogens is 476 g/mol. The number of aryl methyl sites for hydroxylation is 3. The Morgan fingerprint density at radius 3 is 2.00 bits per heavy atom. The van der Waals surface area contributed by atoms with Gasteiger partial charge in [0.25, 0.3) is 10.0 Å². The van der Waals surface area contributed by atoms with Crippen molar-refractivity contribution in [1.82, 2.24) is 0 Å². The van der Waals surface area contributed by atoms with Crippen molar-refractivity contribution in [2.45, 2.75) is 32.1 Å². The quantitative estimate of drug-likeness (QED) is 0.459. The minimum atomic E-state index is -3.82. The van der Waals surface area contributed by atoms with Crippen LogP contribution in [0.3, 0.4) is 0 Å². The van der Waals surface area contributed by atoms with Crippen LogP contribution in [0.4, 0.5) is 11.4 Å². The highest BCUT2D eigenvalue weighted by Crippen LogP contribution is 2.26. The fourth-order valence-electron chi connectivity index (χ4n) is 3.07. The molecule has 0 saturated carbocycles. The first-order valence-electron chi connectivity index (χ1n) is 9.89. The summed E-state index contributed by atoms with van der Waals surface area (Å²) in [7, 11) is -3.82. The summed E-state index contributed by atoms with van der Waals surface area (Å²) in [4.78, 5) is 12.8. The van der Waals surface area contributed by atoms with Gasteiger partial charge in [-0.1, -0.05) is 41.5 Å². The van der Waals surface area contributed by atoms with Crippen molar-refractivity contribution >= 4 is 43.2 Å². The molecule has 0 bridgehead atoms. The number of hydrogen-bond acceptors (Lipinski definition) is 3. The molecule has 3 rings (SSSR count). The molecule has 0 aliphatic heterocycles. The van der Waals surface area contributed by atoms with Crippen LogP contribution in [-0.2, 0) is 14.8 Å². The zero-order valence-corrected chi connectivity index (χ0v) is 20.1. The third kappa shape index (κ3) is 5.74. The van der Waals surface area contributed by atoms with Crippen molar-refractivity contribution in [2.24, 2.45) is 0 Å². The third-order valence-corrected chi connectivity index (χ3v) is 7.37. The summed E-state index contributed by atoms with van der Waals surface area (Å²) in [6.07, 6.45) is 0.0132. The second-order valence-corrected chi connectivity index (χ2v) is 10.2. The van der Waals surface area contributed by atoms with Gasteiger partial charge in [-0.25, -0.2) is 8.42 Å². The number of nitrogens with one attached hydrogen (secondary N) is 1. The SMILES string of the molecule is Cc1ccc(N(CCC(=O)Nc2ccc(C)cc2Br)S(=O)(=O)c2ccc(C)cc2)cc1. The fraction of sp³-hybridized carbons (Fsp3) is 0.208. The lowest BCUT2D eigenvalue weighted by atomic mass is 10.2. The van der Waals surface area contributed by atoms with Gasteiger partial charge in [0, 0.05) is 17.4 Å². The van der Waals surface area contributed by atoms with Crippen LogP contribution in [0, 0.1) is 20.8 Å². The highest BCUT2D eigenvalue weighted by atomic mass is 79.9. The molecule has 0 atom stereocenters. The van der Waals surface area contributed by atoms with Crippen LogP contribution in [0.25, 0.3) is 0 Å².